The summed E-state index contributed by atoms with van der Waals surface area (Å²) in [6, 6.07) is 0.122. The van der Waals surface area contributed by atoms with Gasteiger partial charge in [0, 0.05) is 18.8 Å². The maximum absolute atomic E-state index is 11.4. The van der Waals surface area contributed by atoms with Gasteiger partial charge in [0.15, 0.2) is 6.10 Å². The van der Waals surface area contributed by atoms with Gasteiger partial charge in [0.2, 0.25) is 0 Å². The van der Waals surface area contributed by atoms with Crippen LogP contribution in [-0.2, 0) is 11.8 Å². The number of rotatable bonds is 3. The number of aryl methyl sites for hydroxylation is 2. The molecular weight excluding hydrogens is 240 g/mol. The molecule has 0 aromatic carbocycles. The van der Waals surface area contributed by atoms with Crippen molar-refractivity contribution in [1.29, 1.82) is 0 Å². The Morgan fingerprint density at radius 3 is 3.00 bits per heavy atom. The van der Waals surface area contributed by atoms with Crippen LogP contribution < -0.4 is 10.3 Å². The molecule has 18 heavy (non-hydrogen) atoms. The number of hydrogen-bond donors (Lipinski definition) is 2. The van der Waals surface area contributed by atoms with E-state index in [4.69, 9.17) is 14.6 Å². The second-order valence-corrected chi connectivity index (χ2v) is 4.32. The molecule has 2 heterocycles. The number of hydrogen-bond acceptors (Lipinski definition) is 6. The van der Waals surface area contributed by atoms with Gasteiger partial charge in [-0.05, 0) is 6.92 Å². The maximum atomic E-state index is 11.4. The van der Waals surface area contributed by atoms with Gasteiger partial charge < -0.3 is 24.3 Å². The minimum absolute atomic E-state index is 0.122. The van der Waals surface area contributed by atoms with E-state index in [9.17, 15) is 9.90 Å². The van der Waals surface area contributed by atoms with Crippen LogP contribution in [0.2, 0.25) is 0 Å². The quantitative estimate of drug-likeness (QED) is 0.690. The van der Waals surface area contributed by atoms with E-state index in [0.717, 1.165) is 0 Å². The van der Waals surface area contributed by atoms with Crippen LogP contribution in [0.5, 0.6) is 6.01 Å². The molecule has 0 unspecified atom stereocenters. The topological polar surface area (TPSA) is 93.8 Å². The van der Waals surface area contributed by atoms with Crippen molar-refractivity contribution in [3.8, 4) is 6.01 Å². The third-order valence-corrected chi connectivity index (χ3v) is 2.90. The molecule has 0 amide bonds. The second kappa shape index (κ2) is 5.05. The Bertz CT molecular complexity index is 487. The lowest BCUT2D eigenvalue weighted by molar-refractivity contribution is -0.00434. The van der Waals surface area contributed by atoms with E-state index < -0.39 is 18.3 Å². The number of aromatic nitrogens is 2. The van der Waals surface area contributed by atoms with Crippen LogP contribution in [0.3, 0.4) is 0 Å². The van der Waals surface area contributed by atoms with Crippen LogP contribution in [0, 0.1) is 6.92 Å². The zero-order valence-electron chi connectivity index (χ0n) is 10.2. The molecule has 1 aromatic rings. The van der Waals surface area contributed by atoms with Crippen molar-refractivity contribution in [1.82, 2.24) is 9.55 Å². The van der Waals surface area contributed by atoms with Crippen LogP contribution in [0.25, 0.3) is 0 Å². The lowest BCUT2D eigenvalue weighted by atomic mass is 10.1. The summed E-state index contributed by atoms with van der Waals surface area (Å²) in [6.45, 7) is 1.53. The van der Waals surface area contributed by atoms with E-state index in [1.54, 1.807) is 24.7 Å². The molecular formula is C11H16N2O5. The average Bonchev–Trinajstić information content (AvgIpc) is 2.67. The molecule has 7 heteroatoms. The van der Waals surface area contributed by atoms with Crippen molar-refractivity contribution in [2.75, 3.05) is 13.2 Å². The average molecular weight is 256 g/mol. The Kier molecular flexibility index (Phi) is 3.65. The lowest BCUT2D eigenvalue weighted by Gasteiger charge is -2.18. The first kappa shape index (κ1) is 13.0. The van der Waals surface area contributed by atoms with Gasteiger partial charge in [0.05, 0.1) is 13.2 Å². The standard InChI is InChI=1S/C11H16N2O5/c1-6-3-13(2)11(12-10(6)16)18-8-5-17-7(4-14)9(8)15/h3,7-9,14-15H,4-5H2,1-2H3/t7-,8-,9-/m1/s1. The highest BCUT2D eigenvalue weighted by atomic mass is 16.6. The van der Waals surface area contributed by atoms with Gasteiger partial charge in [-0.3, -0.25) is 4.79 Å². The fraction of sp³-hybridized carbons (Fsp3) is 0.636. The molecule has 100 valence electrons. The summed E-state index contributed by atoms with van der Waals surface area (Å²) in [5, 5.41) is 18.7. The van der Waals surface area contributed by atoms with Crippen LogP contribution in [0.4, 0.5) is 0 Å². The fourth-order valence-electron chi connectivity index (χ4n) is 1.82. The Balaban J connectivity index is 2.15. The summed E-state index contributed by atoms with van der Waals surface area (Å²) < 4.78 is 12.2. The maximum Gasteiger partial charge on any atom is 0.299 e. The summed E-state index contributed by atoms with van der Waals surface area (Å²) in [4.78, 5) is 15.2. The summed E-state index contributed by atoms with van der Waals surface area (Å²) in [5.74, 6) is 0. The van der Waals surface area contributed by atoms with E-state index in [2.05, 4.69) is 4.98 Å². The summed E-state index contributed by atoms with van der Waals surface area (Å²) in [6.07, 6.45) is -0.621. The Morgan fingerprint density at radius 2 is 2.39 bits per heavy atom. The third kappa shape index (κ3) is 2.38. The predicted molar refractivity (Wildman–Crippen MR) is 61.5 cm³/mol. The smallest absolute Gasteiger partial charge is 0.299 e. The minimum atomic E-state index is -0.937. The van der Waals surface area contributed by atoms with Crippen LogP contribution in [0.15, 0.2) is 11.0 Å². The molecule has 1 fully saturated rings. The highest BCUT2D eigenvalue weighted by Crippen LogP contribution is 2.18. The van der Waals surface area contributed by atoms with Gasteiger partial charge in [-0.1, -0.05) is 0 Å². The van der Waals surface area contributed by atoms with Crippen molar-refractivity contribution in [2.45, 2.75) is 25.2 Å². The Labute approximate surface area is 104 Å². The van der Waals surface area contributed by atoms with E-state index in [-0.39, 0.29) is 24.8 Å². The van der Waals surface area contributed by atoms with Gasteiger partial charge in [-0.2, -0.15) is 4.98 Å². The van der Waals surface area contributed by atoms with E-state index in [1.807, 2.05) is 0 Å². The van der Waals surface area contributed by atoms with Crippen LogP contribution in [-0.4, -0.2) is 51.3 Å². The molecule has 2 N–H and O–H groups in total. The fourth-order valence-corrected chi connectivity index (χ4v) is 1.82. The lowest BCUT2D eigenvalue weighted by Crippen LogP contribution is -2.37. The van der Waals surface area contributed by atoms with Gasteiger partial charge in [0.1, 0.15) is 12.2 Å². The van der Waals surface area contributed by atoms with Crippen molar-refractivity contribution in [2.24, 2.45) is 7.05 Å². The summed E-state index contributed by atoms with van der Waals surface area (Å²) >= 11 is 0. The van der Waals surface area contributed by atoms with E-state index >= 15 is 0 Å². The first-order chi connectivity index (χ1) is 8.52. The zero-order valence-corrected chi connectivity index (χ0v) is 10.2. The first-order valence-corrected chi connectivity index (χ1v) is 5.64. The largest absolute Gasteiger partial charge is 0.456 e. The highest BCUT2D eigenvalue weighted by molar-refractivity contribution is 5.08. The van der Waals surface area contributed by atoms with Gasteiger partial charge in [-0.15, -0.1) is 0 Å². The molecule has 0 spiro atoms. The number of aliphatic hydroxyl groups is 2. The van der Waals surface area contributed by atoms with Gasteiger partial charge in [-0.25, -0.2) is 0 Å². The second-order valence-electron chi connectivity index (χ2n) is 4.32. The molecule has 1 saturated heterocycles. The Hall–Kier alpha value is -1.44. The number of ether oxygens (including phenoxy) is 2. The molecule has 0 saturated carbocycles. The SMILES string of the molecule is Cc1cn(C)c(O[C@@H]2CO[C@H](CO)[C@H]2O)nc1=O. The minimum Gasteiger partial charge on any atom is -0.456 e. The molecule has 1 aliphatic rings. The van der Waals surface area contributed by atoms with Crippen molar-refractivity contribution in [3.05, 3.63) is 22.1 Å². The van der Waals surface area contributed by atoms with Crippen LogP contribution in [0.1, 0.15) is 5.56 Å². The van der Waals surface area contributed by atoms with Crippen LogP contribution >= 0.6 is 0 Å². The molecule has 7 nitrogen and oxygen atoms in total. The molecule has 2 rings (SSSR count). The first-order valence-electron chi connectivity index (χ1n) is 5.64. The highest BCUT2D eigenvalue weighted by Gasteiger charge is 2.37. The van der Waals surface area contributed by atoms with Crippen molar-refractivity contribution in [3.63, 3.8) is 0 Å². The monoisotopic (exact) mass is 256 g/mol. The van der Waals surface area contributed by atoms with Crippen molar-refractivity contribution >= 4 is 0 Å². The zero-order chi connectivity index (χ0) is 13.3. The predicted octanol–water partition coefficient (Wildman–Crippen LogP) is -1.41. The van der Waals surface area contributed by atoms with E-state index in [1.165, 1.54) is 0 Å². The summed E-state index contributed by atoms with van der Waals surface area (Å²) in [7, 11) is 1.69. The molecule has 0 aliphatic carbocycles. The number of nitrogens with zero attached hydrogens (tertiary/aromatic N) is 2. The van der Waals surface area contributed by atoms with Crippen molar-refractivity contribution < 1.29 is 19.7 Å². The summed E-state index contributed by atoms with van der Waals surface area (Å²) in [5.41, 5.74) is 0.150. The Morgan fingerprint density at radius 1 is 1.67 bits per heavy atom. The normalized spacial score (nSPS) is 27.4. The molecule has 0 radical (unpaired) electrons. The molecule has 1 aromatic heterocycles. The molecule has 1 aliphatic heterocycles. The molecule has 3 atom stereocenters. The molecule has 0 bridgehead atoms. The van der Waals surface area contributed by atoms with Gasteiger partial charge in [0.25, 0.3) is 11.6 Å². The number of aliphatic hydroxyl groups excluding tert-OH is 2. The van der Waals surface area contributed by atoms with E-state index in [0.29, 0.717) is 5.56 Å². The third-order valence-electron chi connectivity index (χ3n) is 2.90. The van der Waals surface area contributed by atoms with Gasteiger partial charge >= 0.3 is 0 Å².